The number of hydrogen-bond acceptors (Lipinski definition) is 5. The second-order valence-corrected chi connectivity index (χ2v) is 9.80. The molecule has 0 atom stereocenters. The van der Waals surface area contributed by atoms with Gasteiger partial charge in [0.1, 0.15) is 22.2 Å². The number of benzene rings is 4. The molecule has 0 N–H and O–H groups in total. The van der Waals surface area contributed by atoms with E-state index in [0.717, 1.165) is 28.0 Å². The van der Waals surface area contributed by atoms with Crippen LogP contribution in [-0.4, -0.2) is 25.1 Å². The van der Waals surface area contributed by atoms with E-state index in [2.05, 4.69) is 16.7 Å². The summed E-state index contributed by atoms with van der Waals surface area (Å²) in [6, 6.07) is 29.3. The largest absolute Gasteiger partial charge is 0.495 e. The molecule has 0 saturated carbocycles. The van der Waals surface area contributed by atoms with Crippen molar-refractivity contribution in [3.05, 3.63) is 108 Å². The lowest BCUT2D eigenvalue weighted by atomic mass is 10.2. The highest BCUT2D eigenvalue weighted by atomic mass is 35.5. The number of halogens is 1. The van der Waals surface area contributed by atoms with Crippen LogP contribution >= 0.6 is 11.6 Å². The molecule has 176 valence electrons. The molecule has 0 unspecified atom stereocenters. The smallest absolute Gasteiger partial charge is 0.342 e. The number of fused-ring (bicyclic) bond motifs is 1. The number of imidazole rings is 1. The summed E-state index contributed by atoms with van der Waals surface area (Å²) in [6.07, 6.45) is 0. The van der Waals surface area contributed by atoms with Crippen molar-refractivity contribution in [2.75, 3.05) is 7.11 Å². The number of aromatic nitrogens is 2. The highest BCUT2D eigenvalue weighted by molar-refractivity contribution is 7.87. The van der Waals surface area contributed by atoms with E-state index in [1.165, 1.54) is 19.2 Å². The zero-order valence-corrected chi connectivity index (χ0v) is 20.3. The average Bonchev–Trinajstić information content (AvgIpc) is 3.23. The van der Waals surface area contributed by atoms with E-state index in [1.807, 2.05) is 42.5 Å². The highest BCUT2D eigenvalue weighted by Gasteiger charge is 2.23. The number of para-hydroxylation sites is 2. The summed E-state index contributed by atoms with van der Waals surface area (Å²) in [4.78, 5) is 4.70. The van der Waals surface area contributed by atoms with Gasteiger partial charge in [0.2, 0.25) is 0 Å². The number of rotatable bonds is 7. The van der Waals surface area contributed by atoms with E-state index in [1.54, 1.807) is 30.3 Å². The lowest BCUT2D eigenvalue weighted by molar-refractivity contribution is 0.398. The molecule has 1 aromatic heterocycles. The third kappa shape index (κ3) is 4.73. The molecule has 0 spiro atoms. The van der Waals surface area contributed by atoms with Gasteiger partial charge in [-0.2, -0.15) is 8.42 Å². The second-order valence-electron chi connectivity index (χ2n) is 7.85. The summed E-state index contributed by atoms with van der Waals surface area (Å²) < 4.78 is 38.4. The first-order chi connectivity index (χ1) is 16.9. The minimum absolute atomic E-state index is 0.138. The molecule has 5 aromatic rings. The van der Waals surface area contributed by atoms with Gasteiger partial charge < -0.3 is 13.5 Å². The van der Waals surface area contributed by atoms with Gasteiger partial charge in [-0.05, 0) is 60.2 Å². The minimum Gasteiger partial charge on any atom is -0.495 e. The zero-order chi connectivity index (χ0) is 24.4. The fourth-order valence-corrected chi connectivity index (χ4v) is 5.26. The SMILES string of the molecule is COc1ccc(Cl)cc1S(=O)(=O)Oc1ccc(-c2nc3ccccc3n2Cc2ccccc2)cc1. The predicted octanol–water partition coefficient (Wildman–Crippen LogP) is 6.18. The fraction of sp³-hybridized carbons (Fsp3) is 0.0741. The number of ether oxygens (including phenoxy) is 1. The number of hydrogen-bond donors (Lipinski definition) is 0. The van der Waals surface area contributed by atoms with Crippen LogP contribution in [0, 0.1) is 0 Å². The van der Waals surface area contributed by atoms with Crippen molar-refractivity contribution in [3.8, 4) is 22.9 Å². The maximum Gasteiger partial charge on any atom is 0.342 e. The molecule has 1 heterocycles. The molecule has 0 radical (unpaired) electrons. The third-order valence-corrected chi connectivity index (χ3v) is 7.06. The van der Waals surface area contributed by atoms with Crippen molar-refractivity contribution < 1.29 is 17.3 Å². The summed E-state index contributed by atoms with van der Waals surface area (Å²) >= 11 is 5.99. The van der Waals surface area contributed by atoms with E-state index >= 15 is 0 Å². The summed E-state index contributed by atoms with van der Waals surface area (Å²) in [5.74, 6) is 1.10. The Bertz CT molecular complexity index is 1600. The zero-order valence-electron chi connectivity index (χ0n) is 18.8. The molecule has 0 aliphatic rings. The first kappa shape index (κ1) is 23.0. The highest BCUT2D eigenvalue weighted by Crippen LogP contribution is 2.31. The van der Waals surface area contributed by atoms with Crippen molar-refractivity contribution in [3.63, 3.8) is 0 Å². The van der Waals surface area contributed by atoms with Crippen molar-refractivity contribution in [2.24, 2.45) is 0 Å². The Kier molecular flexibility index (Phi) is 6.19. The predicted molar refractivity (Wildman–Crippen MR) is 137 cm³/mol. The van der Waals surface area contributed by atoms with Crippen LogP contribution in [0.2, 0.25) is 5.02 Å². The monoisotopic (exact) mass is 504 g/mol. The van der Waals surface area contributed by atoms with Crippen LogP contribution < -0.4 is 8.92 Å². The van der Waals surface area contributed by atoms with E-state index in [4.69, 9.17) is 25.5 Å². The van der Waals surface area contributed by atoms with Crippen molar-refractivity contribution in [2.45, 2.75) is 11.4 Å². The quantitative estimate of drug-likeness (QED) is 0.247. The minimum atomic E-state index is -4.16. The molecule has 0 aliphatic heterocycles. The van der Waals surface area contributed by atoms with Gasteiger partial charge in [0.15, 0.2) is 0 Å². The van der Waals surface area contributed by atoms with Gasteiger partial charge >= 0.3 is 10.1 Å². The second kappa shape index (κ2) is 9.44. The number of nitrogens with zero attached hydrogens (tertiary/aromatic N) is 2. The van der Waals surface area contributed by atoms with E-state index < -0.39 is 10.1 Å². The molecule has 4 aromatic carbocycles. The van der Waals surface area contributed by atoms with Crippen LogP contribution in [0.4, 0.5) is 0 Å². The van der Waals surface area contributed by atoms with Crippen LogP contribution in [0.15, 0.2) is 102 Å². The van der Waals surface area contributed by atoms with Gasteiger partial charge in [-0.1, -0.05) is 54.1 Å². The Morgan fingerprint density at radius 1 is 0.886 bits per heavy atom. The van der Waals surface area contributed by atoms with Crippen LogP contribution in [0.5, 0.6) is 11.5 Å². The van der Waals surface area contributed by atoms with Gasteiger partial charge in [0.25, 0.3) is 0 Å². The van der Waals surface area contributed by atoms with E-state index in [0.29, 0.717) is 6.54 Å². The van der Waals surface area contributed by atoms with Crippen LogP contribution in [-0.2, 0) is 16.7 Å². The summed E-state index contributed by atoms with van der Waals surface area (Å²) in [6.45, 7) is 0.651. The molecule has 0 fully saturated rings. The lowest BCUT2D eigenvalue weighted by Gasteiger charge is -2.12. The van der Waals surface area contributed by atoms with Gasteiger partial charge in [-0.25, -0.2) is 4.98 Å². The molecular formula is C27H21ClN2O4S. The van der Waals surface area contributed by atoms with Crippen LogP contribution in [0.3, 0.4) is 0 Å². The molecule has 0 amide bonds. The Morgan fingerprint density at radius 2 is 1.60 bits per heavy atom. The van der Waals surface area contributed by atoms with Crippen molar-refractivity contribution in [1.29, 1.82) is 0 Å². The van der Waals surface area contributed by atoms with Gasteiger partial charge in [0.05, 0.1) is 18.1 Å². The Labute approximate surface area is 208 Å². The summed E-state index contributed by atoms with van der Waals surface area (Å²) in [5.41, 5.74) is 3.89. The molecule has 6 nitrogen and oxygen atoms in total. The maximum atomic E-state index is 12.9. The van der Waals surface area contributed by atoms with Gasteiger partial charge in [-0.15, -0.1) is 0 Å². The molecule has 0 saturated heterocycles. The van der Waals surface area contributed by atoms with Crippen LogP contribution in [0.25, 0.3) is 22.4 Å². The molecule has 5 rings (SSSR count). The maximum absolute atomic E-state index is 12.9. The first-order valence-corrected chi connectivity index (χ1v) is 12.6. The van der Waals surface area contributed by atoms with Gasteiger partial charge in [-0.3, -0.25) is 0 Å². The van der Waals surface area contributed by atoms with Crippen molar-refractivity contribution in [1.82, 2.24) is 9.55 Å². The Hall–Kier alpha value is -3.81. The Morgan fingerprint density at radius 3 is 2.34 bits per heavy atom. The number of methoxy groups -OCH3 is 1. The normalized spacial score (nSPS) is 11.5. The first-order valence-electron chi connectivity index (χ1n) is 10.8. The molecular weight excluding hydrogens is 484 g/mol. The average molecular weight is 505 g/mol. The van der Waals surface area contributed by atoms with Crippen LogP contribution in [0.1, 0.15) is 5.56 Å². The molecule has 0 aliphatic carbocycles. The van der Waals surface area contributed by atoms with Crippen molar-refractivity contribution >= 4 is 32.8 Å². The molecule has 0 bridgehead atoms. The standard InChI is InChI=1S/C27H21ClN2O4S/c1-33-25-16-13-21(28)17-26(25)35(31,32)34-22-14-11-20(12-15-22)27-29-23-9-5-6-10-24(23)30(27)18-19-7-3-2-4-8-19/h2-17H,18H2,1H3. The summed E-state index contributed by atoms with van der Waals surface area (Å²) in [5, 5.41) is 0.264. The molecule has 35 heavy (non-hydrogen) atoms. The Balaban J connectivity index is 1.48. The summed E-state index contributed by atoms with van der Waals surface area (Å²) in [7, 11) is -2.77. The fourth-order valence-electron chi connectivity index (χ4n) is 3.90. The van der Waals surface area contributed by atoms with E-state index in [9.17, 15) is 8.42 Å². The third-order valence-electron chi connectivity index (χ3n) is 5.55. The lowest BCUT2D eigenvalue weighted by Crippen LogP contribution is -2.11. The van der Waals surface area contributed by atoms with Gasteiger partial charge in [0, 0.05) is 17.1 Å². The molecule has 8 heteroatoms. The topological polar surface area (TPSA) is 70.4 Å². The van der Waals surface area contributed by atoms with E-state index in [-0.39, 0.29) is 21.4 Å².